The number of nitrogens with one attached hydrogen (secondary N) is 1. The lowest BCUT2D eigenvalue weighted by Gasteiger charge is -2.19. The predicted octanol–water partition coefficient (Wildman–Crippen LogP) is 0.0802. The highest BCUT2D eigenvalue weighted by atomic mass is 16.4. The normalized spacial score (nSPS) is 24.4. The molecule has 18 heavy (non-hydrogen) atoms. The van der Waals surface area contributed by atoms with E-state index in [2.05, 4.69) is 5.32 Å². The van der Waals surface area contributed by atoms with Crippen LogP contribution in [0.2, 0.25) is 0 Å². The van der Waals surface area contributed by atoms with Crippen molar-refractivity contribution in [1.29, 1.82) is 0 Å². The molecule has 0 aromatic rings. The first-order valence-corrected chi connectivity index (χ1v) is 6.07. The molecule has 6 nitrogen and oxygen atoms in total. The lowest BCUT2D eigenvalue weighted by Crippen LogP contribution is -2.46. The Balaban J connectivity index is 2.47. The Kier molecular flexibility index (Phi) is 4.69. The molecule has 1 aliphatic carbocycles. The first-order valence-electron chi connectivity index (χ1n) is 6.07. The number of carboxylic acids is 1. The topological polar surface area (TPSA) is 86.7 Å². The fourth-order valence-electron chi connectivity index (χ4n) is 2.22. The smallest absolute Gasteiger partial charge is 0.306 e. The average molecular weight is 256 g/mol. The molecule has 2 amide bonds. The van der Waals surface area contributed by atoms with Crippen LogP contribution >= 0.6 is 0 Å². The maximum atomic E-state index is 11.9. The van der Waals surface area contributed by atoms with E-state index in [0.717, 1.165) is 0 Å². The second-order valence-electron chi connectivity index (χ2n) is 5.01. The molecule has 6 heteroatoms. The average Bonchev–Trinajstić information content (AvgIpc) is 2.76. The summed E-state index contributed by atoms with van der Waals surface area (Å²) in [5.74, 6) is -1.95. The molecular formula is C12H20N2O4. The largest absolute Gasteiger partial charge is 0.481 e. The number of amides is 2. The van der Waals surface area contributed by atoms with Gasteiger partial charge in [0.05, 0.1) is 5.92 Å². The van der Waals surface area contributed by atoms with E-state index in [1.54, 1.807) is 21.0 Å². The Morgan fingerprint density at radius 2 is 1.78 bits per heavy atom. The minimum Gasteiger partial charge on any atom is -0.481 e. The predicted molar refractivity (Wildman–Crippen MR) is 64.8 cm³/mol. The summed E-state index contributed by atoms with van der Waals surface area (Å²) < 4.78 is 0. The van der Waals surface area contributed by atoms with E-state index in [-0.39, 0.29) is 17.7 Å². The van der Waals surface area contributed by atoms with Gasteiger partial charge >= 0.3 is 5.97 Å². The van der Waals surface area contributed by atoms with E-state index in [9.17, 15) is 14.4 Å². The van der Waals surface area contributed by atoms with Gasteiger partial charge in [-0.25, -0.2) is 0 Å². The second kappa shape index (κ2) is 5.84. The van der Waals surface area contributed by atoms with Gasteiger partial charge in [0.2, 0.25) is 11.8 Å². The molecule has 0 aliphatic heterocycles. The number of hydrogen-bond donors (Lipinski definition) is 2. The minimum atomic E-state index is -0.845. The molecule has 3 unspecified atom stereocenters. The molecule has 0 bridgehead atoms. The molecule has 102 valence electrons. The van der Waals surface area contributed by atoms with Crippen molar-refractivity contribution in [1.82, 2.24) is 10.2 Å². The minimum absolute atomic E-state index is 0.170. The molecule has 0 saturated heterocycles. The summed E-state index contributed by atoms with van der Waals surface area (Å²) in [6.45, 7) is 1.63. The molecule has 0 radical (unpaired) electrons. The van der Waals surface area contributed by atoms with Gasteiger partial charge in [0.15, 0.2) is 0 Å². The molecule has 1 saturated carbocycles. The van der Waals surface area contributed by atoms with Gasteiger partial charge < -0.3 is 15.3 Å². The van der Waals surface area contributed by atoms with Crippen LogP contribution in [0.5, 0.6) is 0 Å². The van der Waals surface area contributed by atoms with E-state index in [1.165, 1.54) is 4.90 Å². The zero-order valence-electron chi connectivity index (χ0n) is 11.0. The fourth-order valence-corrected chi connectivity index (χ4v) is 2.22. The van der Waals surface area contributed by atoms with Crippen molar-refractivity contribution < 1.29 is 19.5 Å². The number of hydrogen-bond acceptors (Lipinski definition) is 3. The number of likely N-dealkylation sites (N-methyl/N-ethyl adjacent to an activating group) is 1. The van der Waals surface area contributed by atoms with Crippen LogP contribution in [0, 0.1) is 11.8 Å². The van der Waals surface area contributed by atoms with Gasteiger partial charge in [-0.3, -0.25) is 14.4 Å². The zero-order valence-corrected chi connectivity index (χ0v) is 11.0. The first-order chi connectivity index (χ1) is 8.32. The summed E-state index contributed by atoms with van der Waals surface area (Å²) >= 11 is 0. The zero-order chi connectivity index (χ0) is 13.9. The molecule has 3 atom stereocenters. The lowest BCUT2D eigenvalue weighted by atomic mass is 10.0. The van der Waals surface area contributed by atoms with Crippen molar-refractivity contribution in [2.45, 2.75) is 32.2 Å². The summed E-state index contributed by atoms with van der Waals surface area (Å²) in [5, 5.41) is 11.5. The Hall–Kier alpha value is -1.59. The maximum Gasteiger partial charge on any atom is 0.306 e. The summed E-state index contributed by atoms with van der Waals surface area (Å²) in [7, 11) is 3.25. The third kappa shape index (κ3) is 3.45. The second-order valence-corrected chi connectivity index (χ2v) is 5.01. The number of aliphatic carboxylic acids is 1. The van der Waals surface area contributed by atoms with Crippen LogP contribution in [0.3, 0.4) is 0 Å². The SMILES string of the molecule is CC(NC(=O)C1CCC(C(=O)O)C1)C(=O)N(C)C. The third-order valence-corrected chi connectivity index (χ3v) is 3.32. The molecule has 0 heterocycles. The molecular weight excluding hydrogens is 236 g/mol. The summed E-state index contributed by atoms with van der Waals surface area (Å²) in [6.07, 6.45) is 1.47. The molecule has 1 aliphatic rings. The lowest BCUT2D eigenvalue weighted by molar-refractivity contribution is -0.141. The van der Waals surface area contributed by atoms with Gasteiger partial charge in [-0.15, -0.1) is 0 Å². The number of nitrogens with zero attached hydrogens (tertiary/aromatic N) is 1. The van der Waals surface area contributed by atoms with Crippen LogP contribution in [0.4, 0.5) is 0 Å². The third-order valence-electron chi connectivity index (χ3n) is 3.32. The van der Waals surface area contributed by atoms with Crippen molar-refractivity contribution in [2.75, 3.05) is 14.1 Å². The van der Waals surface area contributed by atoms with Gasteiger partial charge in [0.1, 0.15) is 6.04 Å². The van der Waals surface area contributed by atoms with Crippen LogP contribution in [-0.4, -0.2) is 47.9 Å². The number of rotatable bonds is 4. The van der Waals surface area contributed by atoms with E-state index in [4.69, 9.17) is 5.11 Å². The Morgan fingerprint density at radius 1 is 1.22 bits per heavy atom. The van der Waals surface area contributed by atoms with Crippen molar-refractivity contribution in [3.05, 3.63) is 0 Å². The van der Waals surface area contributed by atoms with E-state index < -0.39 is 17.9 Å². The van der Waals surface area contributed by atoms with Gasteiger partial charge in [0, 0.05) is 20.0 Å². The first kappa shape index (κ1) is 14.5. The van der Waals surface area contributed by atoms with Crippen LogP contribution < -0.4 is 5.32 Å². The number of carboxylic acid groups (broad SMARTS) is 1. The van der Waals surface area contributed by atoms with Crippen LogP contribution in [0.1, 0.15) is 26.2 Å². The van der Waals surface area contributed by atoms with Crippen molar-refractivity contribution in [2.24, 2.45) is 11.8 Å². The van der Waals surface area contributed by atoms with Gasteiger partial charge in [-0.05, 0) is 26.2 Å². The van der Waals surface area contributed by atoms with Crippen LogP contribution in [-0.2, 0) is 14.4 Å². The summed E-state index contributed by atoms with van der Waals surface area (Å²) in [5.41, 5.74) is 0. The number of carbonyl (C=O) groups excluding carboxylic acids is 2. The van der Waals surface area contributed by atoms with E-state index >= 15 is 0 Å². The highest BCUT2D eigenvalue weighted by Crippen LogP contribution is 2.31. The monoisotopic (exact) mass is 256 g/mol. The highest BCUT2D eigenvalue weighted by Gasteiger charge is 2.34. The molecule has 1 fully saturated rings. The molecule has 1 rings (SSSR count). The van der Waals surface area contributed by atoms with Gasteiger partial charge in [-0.1, -0.05) is 0 Å². The van der Waals surface area contributed by atoms with Crippen LogP contribution in [0.25, 0.3) is 0 Å². The van der Waals surface area contributed by atoms with E-state index in [1.807, 2.05) is 0 Å². The van der Waals surface area contributed by atoms with E-state index in [0.29, 0.717) is 19.3 Å². The molecule has 0 spiro atoms. The summed E-state index contributed by atoms with van der Waals surface area (Å²) in [4.78, 5) is 35.7. The van der Waals surface area contributed by atoms with Crippen molar-refractivity contribution in [3.63, 3.8) is 0 Å². The molecule has 0 aromatic heterocycles. The van der Waals surface area contributed by atoms with Gasteiger partial charge in [-0.2, -0.15) is 0 Å². The van der Waals surface area contributed by atoms with Crippen LogP contribution in [0.15, 0.2) is 0 Å². The Labute approximate surface area is 106 Å². The van der Waals surface area contributed by atoms with Crippen molar-refractivity contribution >= 4 is 17.8 Å². The standard InChI is InChI=1S/C12H20N2O4/c1-7(11(16)14(2)3)13-10(15)8-4-5-9(6-8)12(17)18/h7-9H,4-6H2,1-3H3,(H,13,15)(H,17,18). The van der Waals surface area contributed by atoms with Crippen molar-refractivity contribution in [3.8, 4) is 0 Å². The molecule has 2 N–H and O–H groups in total. The fraction of sp³-hybridized carbons (Fsp3) is 0.750. The maximum absolute atomic E-state index is 11.9. The Morgan fingerprint density at radius 3 is 2.22 bits per heavy atom. The number of carbonyl (C=O) groups is 3. The van der Waals surface area contributed by atoms with Gasteiger partial charge in [0.25, 0.3) is 0 Å². The quantitative estimate of drug-likeness (QED) is 0.745. The highest BCUT2D eigenvalue weighted by molar-refractivity contribution is 5.88. The Bertz CT molecular complexity index is 354. The molecule has 0 aromatic carbocycles. The summed E-state index contributed by atoms with van der Waals surface area (Å²) in [6, 6.07) is -0.573.